The third kappa shape index (κ3) is 3.59. The van der Waals surface area contributed by atoms with Crippen molar-refractivity contribution in [1.29, 1.82) is 0 Å². The van der Waals surface area contributed by atoms with Crippen LogP contribution >= 0.6 is 0 Å². The van der Waals surface area contributed by atoms with E-state index in [4.69, 9.17) is 0 Å². The lowest BCUT2D eigenvalue weighted by atomic mass is 9.87. The molecule has 0 N–H and O–H groups in total. The van der Waals surface area contributed by atoms with Gasteiger partial charge in [-0.2, -0.15) is 0 Å². The Morgan fingerprint density at radius 3 is 2.65 bits per heavy atom. The van der Waals surface area contributed by atoms with Gasteiger partial charge < -0.3 is 0 Å². The van der Waals surface area contributed by atoms with E-state index in [9.17, 15) is 0 Å². The van der Waals surface area contributed by atoms with Crippen LogP contribution in [0.25, 0.3) is 0 Å². The van der Waals surface area contributed by atoms with Gasteiger partial charge in [0, 0.05) is 0 Å². The molecule has 0 fully saturated rings. The molecule has 1 unspecified atom stereocenters. The Kier molecular flexibility index (Phi) is 4.61. The maximum absolute atomic E-state index is 3.76. The van der Waals surface area contributed by atoms with Crippen molar-refractivity contribution in [2.24, 2.45) is 0 Å². The van der Waals surface area contributed by atoms with Crippen LogP contribution in [0, 0.1) is 0 Å². The molecule has 1 atom stereocenters. The molecule has 0 spiro atoms. The van der Waals surface area contributed by atoms with Gasteiger partial charge in [0.25, 0.3) is 0 Å². The summed E-state index contributed by atoms with van der Waals surface area (Å²) in [5, 5.41) is 0. The molecule has 1 aliphatic rings. The number of hydrogen-bond donors (Lipinski definition) is 0. The Bertz CT molecular complexity index is 370. The highest BCUT2D eigenvalue weighted by atomic mass is 14.2. The number of benzene rings is 1. The van der Waals surface area contributed by atoms with Gasteiger partial charge in [-0.15, -0.1) is 6.58 Å². The highest BCUT2D eigenvalue weighted by Crippen LogP contribution is 2.29. The normalized spacial score (nSPS) is 19.2. The zero-order valence-electron chi connectivity index (χ0n) is 10.6. The van der Waals surface area contributed by atoms with E-state index in [1.54, 1.807) is 0 Å². The van der Waals surface area contributed by atoms with Crippen molar-refractivity contribution in [3.8, 4) is 0 Å². The predicted molar refractivity (Wildman–Crippen MR) is 75.3 cm³/mol. The molecule has 0 heterocycles. The lowest BCUT2D eigenvalue weighted by molar-refractivity contribution is 0.617. The van der Waals surface area contributed by atoms with Crippen molar-refractivity contribution in [2.45, 2.75) is 44.4 Å². The second kappa shape index (κ2) is 6.44. The molecule has 0 bridgehead atoms. The highest BCUT2D eigenvalue weighted by molar-refractivity contribution is 5.26. The summed E-state index contributed by atoms with van der Waals surface area (Å²) in [5.41, 5.74) is 2.98. The van der Waals surface area contributed by atoms with E-state index < -0.39 is 0 Å². The topological polar surface area (TPSA) is 0 Å². The van der Waals surface area contributed by atoms with E-state index in [-0.39, 0.29) is 0 Å². The fourth-order valence-electron chi connectivity index (χ4n) is 2.50. The molecule has 0 heteroatoms. The van der Waals surface area contributed by atoms with Crippen LogP contribution in [0.3, 0.4) is 0 Å². The second-order valence-corrected chi connectivity index (χ2v) is 4.90. The van der Waals surface area contributed by atoms with Crippen LogP contribution in [0.1, 0.15) is 49.1 Å². The largest absolute Gasteiger partial charge is 0.103 e. The number of rotatable bonds is 5. The van der Waals surface area contributed by atoms with E-state index in [1.165, 1.54) is 43.2 Å². The molecule has 0 saturated heterocycles. The first kappa shape index (κ1) is 12.2. The molecule has 0 radical (unpaired) electrons. The minimum Gasteiger partial charge on any atom is -0.103 e. The monoisotopic (exact) mass is 226 g/mol. The Morgan fingerprint density at radius 1 is 1.18 bits per heavy atom. The molecular weight excluding hydrogens is 204 g/mol. The molecule has 90 valence electrons. The molecule has 0 amide bonds. The molecular formula is C17H22. The molecule has 1 aromatic carbocycles. The fourth-order valence-corrected chi connectivity index (χ4v) is 2.50. The lowest BCUT2D eigenvalue weighted by Gasteiger charge is -2.18. The van der Waals surface area contributed by atoms with Gasteiger partial charge in [0.1, 0.15) is 0 Å². The van der Waals surface area contributed by atoms with Crippen molar-refractivity contribution < 1.29 is 0 Å². The summed E-state index contributed by atoms with van der Waals surface area (Å²) in [5.74, 6) is 0.752. The van der Waals surface area contributed by atoms with Gasteiger partial charge >= 0.3 is 0 Å². The predicted octanol–water partition coefficient (Wildman–Crippen LogP) is 5.02. The van der Waals surface area contributed by atoms with Crippen LogP contribution in [0.2, 0.25) is 0 Å². The van der Waals surface area contributed by atoms with Crippen molar-refractivity contribution >= 4 is 0 Å². The summed E-state index contributed by atoms with van der Waals surface area (Å²) in [7, 11) is 0. The zero-order valence-corrected chi connectivity index (χ0v) is 10.6. The van der Waals surface area contributed by atoms with E-state index in [1.807, 2.05) is 6.08 Å². The third-order valence-electron chi connectivity index (χ3n) is 3.59. The summed E-state index contributed by atoms with van der Waals surface area (Å²) >= 11 is 0. The van der Waals surface area contributed by atoms with E-state index in [2.05, 4.69) is 43.0 Å². The van der Waals surface area contributed by atoms with Gasteiger partial charge in [-0.1, -0.05) is 42.5 Å². The molecule has 0 aliphatic heterocycles. The van der Waals surface area contributed by atoms with Gasteiger partial charge in [-0.3, -0.25) is 0 Å². The van der Waals surface area contributed by atoms with E-state index >= 15 is 0 Å². The standard InChI is InChI=1S/C17H22/c1-2-3-5-8-15-11-13-17(14-12-15)16-9-6-4-7-10-16/h2,4,6,11-14,16H,1,3,5,7-10H2. The first-order valence-corrected chi connectivity index (χ1v) is 6.75. The Labute approximate surface area is 105 Å². The average Bonchev–Trinajstić information content (AvgIpc) is 2.41. The molecule has 0 nitrogen and oxygen atoms in total. The Balaban J connectivity index is 1.92. The molecule has 2 rings (SSSR count). The zero-order chi connectivity index (χ0) is 11.9. The molecule has 17 heavy (non-hydrogen) atoms. The highest BCUT2D eigenvalue weighted by Gasteiger charge is 2.11. The first-order valence-electron chi connectivity index (χ1n) is 6.75. The van der Waals surface area contributed by atoms with Gasteiger partial charge in [0.2, 0.25) is 0 Å². The van der Waals surface area contributed by atoms with Crippen LogP contribution in [0.15, 0.2) is 49.1 Å². The van der Waals surface area contributed by atoms with Crippen LogP contribution in [-0.2, 0) is 6.42 Å². The maximum atomic E-state index is 3.76. The average molecular weight is 226 g/mol. The van der Waals surface area contributed by atoms with Crippen LogP contribution in [0.5, 0.6) is 0 Å². The minimum absolute atomic E-state index is 0.752. The van der Waals surface area contributed by atoms with Gasteiger partial charge in [-0.05, 0) is 55.6 Å². The smallest absolute Gasteiger partial charge is 0.0124 e. The lowest BCUT2D eigenvalue weighted by Crippen LogP contribution is -2.00. The van der Waals surface area contributed by atoms with Gasteiger partial charge in [-0.25, -0.2) is 0 Å². The summed E-state index contributed by atoms with van der Waals surface area (Å²) in [4.78, 5) is 0. The van der Waals surface area contributed by atoms with Crippen molar-refractivity contribution in [1.82, 2.24) is 0 Å². The molecule has 0 saturated carbocycles. The quantitative estimate of drug-likeness (QED) is 0.488. The molecule has 1 aromatic rings. The molecule has 0 aromatic heterocycles. The summed E-state index contributed by atoms with van der Waals surface area (Å²) in [6.45, 7) is 3.76. The molecule has 1 aliphatic carbocycles. The minimum atomic E-state index is 0.752. The maximum Gasteiger partial charge on any atom is -0.0124 e. The van der Waals surface area contributed by atoms with E-state index in [0.717, 1.165) is 12.3 Å². The third-order valence-corrected chi connectivity index (χ3v) is 3.59. The van der Waals surface area contributed by atoms with Crippen LogP contribution in [-0.4, -0.2) is 0 Å². The van der Waals surface area contributed by atoms with Crippen molar-refractivity contribution in [3.63, 3.8) is 0 Å². The number of unbranched alkanes of at least 4 members (excludes halogenated alkanes) is 1. The van der Waals surface area contributed by atoms with Gasteiger partial charge in [0.15, 0.2) is 0 Å². The fraction of sp³-hybridized carbons (Fsp3) is 0.412. The summed E-state index contributed by atoms with van der Waals surface area (Å²) < 4.78 is 0. The van der Waals surface area contributed by atoms with Gasteiger partial charge in [0.05, 0.1) is 0 Å². The first-order chi connectivity index (χ1) is 8.40. The van der Waals surface area contributed by atoms with Crippen LogP contribution < -0.4 is 0 Å². The van der Waals surface area contributed by atoms with Crippen LogP contribution in [0.4, 0.5) is 0 Å². The summed E-state index contributed by atoms with van der Waals surface area (Å²) in [6.07, 6.45) is 13.9. The van der Waals surface area contributed by atoms with E-state index in [0.29, 0.717) is 0 Å². The van der Waals surface area contributed by atoms with Crippen molar-refractivity contribution in [3.05, 3.63) is 60.2 Å². The number of hydrogen-bond acceptors (Lipinski definition) is 0. The Hall–Kier alpha value is -1.30. The second-order valence-electron chi connectivity index (χ2n) is 4.90. The number of aryl methyl sites for hydroxylation is 1. The van der Waals surface area contributed by atoms with Crippen molar-refractivity contribution in [2.75, 3.05) is 0 Å². The number of allylic oxidation sites excluding steroid dienone is 3. The summed E-state index contributed by atoms with van der Waals surface area (Å²) in [6, 6.07) is 9.26. The Morgan fingerprint density at radius 2 is 2.00 bits per heavy atom. The SMILES string of the molecule is C=CCCCc1ccc(C2CC=CCC2)cc1.